The Balaban J connectivity index is 2.10. The van der Waals surface area contributed by atoms with E-state index in [9.17, 15) is 22.8 Å². The van der Waals surface area contributed by atoms with Crippen LogP contribution < -0.4 is 5.32 Å². The minimum Gasteiger partial charge on any atom is -0.444 e. The average molecular weight is 434 g/mol. The van der Waals surface area contributed by atoms with Gasteiger partial charge in [-0.2, -0.15) is 0 Å². The molecule has 10 nitrogen and oxygen atoms in total. The maximum absolute atomic E-state index is 13.0. The first kappa shape index (κ1) is 23.4. The molecule has 2 heterocycles. The molecule has 166 valence electrons. The molecule has 0 aliphatic carbocycles. The second-order valence-corrected chi connectivity index (χ2v) is 10.7. The molecule has 1 N–H and O–H groups in total. The van der Waals surface area contributed by atoms with Gasteiger partial charge >= 0.3 is 6.09 Å². The molecular formula is C18H31N3O7S. The summed E-state index contributed by atoms with van der Waals surface area (Å²) in [5.74, 6) is -0.902. The Morgan fingerprint density at radius 3 is 2.41 bits per heavy atom. The Hall–Kier alpha value is -1.88. The van der Waals surface area contributed by atoms with E-state index < -0.39 is 39.5 Å². The topological polar surface area (TPSA) is 122 Å². The van der Waals surface area contributed by atoms with Crippen molar-refractivity contribution >= 4 is 27.7 Å². The van der Waals surface area contributed by atoms with Crippen LogP contribution in [0, 0.1) is 0 Å². The molecule has 0 unspecified atom stereocenters. The summed E-state index contributed by atoms with van der Waals surface area (Å²) in [5.41, 5.74) is -0.699. The zero-order valence-corrected chi connectivity index (χ0v) is 18.3. The van der Waals surface area contributed by atoms with Crippen LogP contribution in [0.3, 0.4) is 0 Å². The van der Waals surface area contributed by atoms with Crippen molar-refractivity contribution in [3.05, 3.63) is 0 Å². The number of morpholine rings is 1. The zero-order chi connectivity index (χ0) is 21.8. The number of ether oxygens (including phenoxy) is 2. The molecule has 0 aromatic carbocycles. The fraction of sp³-hybridized carbons (Fsp3) is 0.833. The highest BCUT2D eigenvalue weighted by atomic mass is 32.2. The van der Waals surface area contributed by atoms with Gasteiger partial charge in [0.05, 0.1) is 19.0 Å². The summed E-state index contributed by atoms with van der Waals surface area (Å²) in [6, 6.07) is -1.69. The normalized spacial score (nSPS) is 21.8. The van der Waals surface area contributed by atoms with Crippen LogP contribution in [0.25, 0.3) is 0 Å². The Morgan fingerprint density at radius 1 is 1.24 bits per heavy atom. The predicted octanol–water partition coefficient (Wildman–Crippen LogP) is -0.226. The largest absolute Gasteiger partial charge is 0.444 e. The van der Waals surface area contributed by atoms with E-state index >= 15 is 0 Å². The lowest BCUT2D eigenvalue weighted by atomic mass is 10.1. The zero-order valence-electron chi connectivity index (χ0n) is 17.5. The second-order valence-electron chi connectivity index (χ2n) is 8.39. The summed E-state index contributed by atoms with van der Waals surface area (Å²) in [5, 5.41) is 2.55. The summed E-state index contributed by atoms with van der Waals surface area (Å²) < 4.78 is 33.8. The number of sulfone groups is 1. The highest BCUT2D eigenvalue weighted by Crippen LogP contribution is 2.20. The Bertz CT molecular complexity index is 726. The summed E-state index contributed by atoms with van der Waals surface area (Å²) in [6.45, 7) is 7.02. The number of rotatable bonds is 6. The maximum atomic E-state index is 13.0. The summed E-state index contributed by atoms with van der Waals surface area (Å²) in [4.78, 5) is 40.9. The number of carbonyl (C=O) groups excluding carboxylic acids is 3. The molecule has 2 rings (SSSR count). The first-order chi connectivity index (χ1) is 13.4. The fourth-order valence-corrected chi connectivity index (χ4v) is 3.98. The van der Waals surface area contributed by atoms with E-state index in [1.165, 1.54) is 4.90 Å². The number of carbonyl (C=O) groups is 3. The number of alkyl carbamates (subject to hydrolysis) is 1. The molecule has 2 saturated heterocycles. The second kappa shape index (κ2) is 9.29. The van der Waals surface area contributed by atoms with Crippen LogP contribution in [0.1, 0.15) is 33.6 Å². The van der Waals surface area contributed by atoms with Crippen molar-refractivity contribution in [2.45, 2.75) is 51.3 Å². The molecule has 0 aromatic rings. The molecule has 2 aliphatic rings. The standard InChI is InChI=1S/C18H31N3O7S/c1-18(2,3)28-17(24)19-13-5-7-21(15(13)22)14(6-12-29(4,25)26)16(23)20-8-10-27-11-9-20/h13-14H,5-12H2,1-4H3,(H,19,24)/t13-,14-/m0/s1. The quantitative estimate of drug-likeness (QED) is 0.614. The number of hydrogen-bond acceptors (Lipinski definition) is 7. The first-order valence-electron chi connectivity index (χ1n) is 9.71. The van der Waals surface area contributed by atoms with Gasteiger partial charge in [0.25, 0.3) is 0 Å². The van der Waals surface area contributed by atoms with Gasteiger partial charge in [-0.1, -0.05) is 0 Å². The minimum absolute atomic E-state index is 0.0138. The van der Waals surface area contributed by atoms with Crippen molar-refractivity contribution in [2.24, 2.45) is 0 Å². The SMILES string of the molecule is CC(C)(C)OC(=O)N[C@H]1CCN([C@@H](CCS(C)(=O)=O)C(=O)N2CCOCC2)C1=O. The summed E-state index contributed by atoms with van der Waals surface area (Å²) >= 11 is 0. The maximum Gasteiger partial charge on any atom is 0.408 e. The van der Waals surface area contributed by atoms with Gasteiger partial charge in [-0.25, -0.2) is 13.2 Å². The predicted molar refractivity (Wildman–Crippen MR) is 105 cm³/mol. The Labute approximate surface area is 171 Å². The van der Waals surface area contributed by atoms with Crippen molar-refractivity contribution in [1.82, 2.24) is 15.1 Å². The van der Waals surface area contributed by atoms with E-state index in [1.807, 2.05) is 0 Å². The van der Waals surface area contributed by atoms with Gasteiger partial charge in [0.1, 0.15) is 27.5 Å². The molecule has 2 atom stereocenters. The molecule has 3 amide bonds. The van der Waals surface area contributed by atoms with Crippen LogP contribution in [0.15, 0.2) is 0 Å². The summed E-state index contributed by atoms with van der Waals surface area (Å²) in [6.07, 6.45) is 0.732. The number of likely N-dealkylation sites (tertiary alicyclic amines) is 1. The molecule has 0 aromatic heterocycles. The van der Waals surface area contributed by atoms with Gasteiger partial charge in [-0.3, -0.25) is 9.59 Å². The van der Waals surface area contributed by atoms with E-state index in [0.29, 0.717) is 32.7 Å². The Kier molecular flexibility index (Phi) is 7.50. The molecule has 2 aliphatic heterocycles. The van der Waals surface area contributed by atoms with Gasteiger partial charge < -0.3 is 24.6 Å². The first-order valence-corrected chi connectivity index (χ1v) is 11.8. The Morgan fingerprint density at radius 2 is 1.86 bits per heavy atom. The number of hydrogen-bond donors (Lipinski definition) is 1. The molecule has 0 bridgehead atoms. The highest BCUT2D eigenvalue weighted by Gasteiger charge is 2.41. The van der Waals surface area contributed by atoms with Crippen molar-refractivity contribution < 1.29 is 32.3 Å². The lowest BCUT2D eigenvalue weighted by Gasteiger charge is -2.34. The van der Waals surface area contributed by atoms with Crippen molar-refractivity contribution in [1.29, 1.82) is 0 Å². The lowest BCUT2D eigenvalue weighted by molar-refractivity contribution is -0.146. The van der Waals surface area contributed by atoms with Crippen molar-refractivity contribution in [2.75, 3.05) is 44.9 Å². The van der Waals surface area contributed by atoms with E-state index in [0.717, 1.165) is 6.26 Å². The number of nitrogens with one attached hydrogen (secondary N) is 1. The van der Waals surface area contributed by atoms with Gasteiger partial charge in [0, 0.05) is 25.9 Å². The smallest absolute Gasteiger partial charge is 0.408 e. The molecular weight excluding hydrogens is 402 g/mol. The van der Waals surface area contributed by atoms with Crippen LogP contribution in [-0.2, 0) is 28.9 Å². The van der Waals surface area contributed by atoms with E-state index in [-0.39, 0.29) is 24.6 Å². The highest BCUT2D eigenvalue weighted by molar-refractivity contribution is 7.90. The third kappa shape index (κ3) is 7.14. The van der Waals surface area contributed by atoms with Crippen LogP contribution in [0.2, 0.25) is 0 Å². The molecule has 29 heavy (non-hydrogen) atoms. The number of nitrogens with zero attached hydrogens (tertiary/aromatic N) is 2. The molecule has 2 fully saturated rings. The molecule has 11 heteroatoms. The molecule has 0 radical (unpaired) electrons. The molecule has 0 saturated carbocycles. The fourth-order valence-electron chi connectivity index (χ4n) is 3.33. The van der Waals surface area contributed by atoms with Crippen LogP contribution in [0.4, 0.5) is 4.79 Å². The van der Waals surface area contributed by atoms with Crippen molar-refractivity contribution in [3.8, 4) is 0 Å². The lowest BCUT2D eigenvalue weighted by Crippen LogP contribution is -2.54. The van der Waals surface area contributed by atoms with Crippen molar-refractivity contribution in [3.63, 3.8) is 0 Å². The van der Waals surface area contributed by atoms with Crippen LogP contribution >= 0.6 is 0 Å². The van der Waals surface area contributed by atoms with E-state index in [4.69, 9.17) is 9.47 Å². The van der Waals surface area contributed by atoms with Crippen LogP contribution in [-0.4, -0.2) is 98.7 Å². The van der Waals surface area contributed by atoms with Gasteiger partial charge in [0.2, 0.25) is 11.8 Å². The van der Waals surface area contributed by atoms with E-state index in [1.54, 1.807) is 25.7 Å². The van der Waals surface area contributed by atoms with Gasteiger partial charge in [-0.15, -0.1) is 0 Å². The third-order valence-electron chi connectivity index (χ3n) is 4.68. The minimum atomic E-state index is -3.31. The van der Waals surface area contributed by atoms with Crippen LogP contribution in [0.5, 0.6) is 0 Å². The number of amides is 3. The van der Waals surface area contributed by atoms with E-state index in [2.05, 4.69) is 5.32 Å². The monoisotopic (exact) mass is 433 g/mol. The summed E-state index contributed by atoms with van der Waals surface area (Å²) in [7, 11) is -3.31. The molecule has 0 spiro atoms. The third-order valence-corrected chi connectivity index (χ3v) is 5.65. The van der Waals surface area contributed by atoms with Gasteiger partial charge in [0.15, 0.2) is 0 Å². The average Bonchev–Trinajstić information content (AvgIpc) is 2.94. The van der Waals surface area contributed by atoms with Gasteiger partial charge in [-0.05, 0) is 33.6 Å².